The van der Waals surface area contributed by atoms with Crippen LogP contribution < -0.4 is 16.4 Å². The molecule has 134 valence electrons. The van der Waals surface area contributed by atoms with Crippen LogP contribution in [0.5, 0.6) is 0 Å². The van der Waals surface area contributed by atoms with Gasteiger partial charge in [0, 0.05) is 13.3 Å². The van der Waals surface area contributed by atoms with Crippen LogP contribution in [0.25, 0.3) is 0 Å². The van der Waals surface area contributed by atoms with Crippen molar-refractivity contribution in [3.05, 3.63) is 35.4 Å². The molecule has 0 saturated heterocycles. The summed E-state index contributed by atoms with van der Waals surface area (Å²) in [5, 5.41) is 14.3. The van der Waals surface area contributed by atoms with Crippen molar-refractivity contribution in [2.45, 2.75) is 45.7 Å². The van der Waals surface area contributed by atoms with Crippen LogP contribution in [-0.2, 0) is 20.8 Å². The van der Waals surface area contributed by atoms with E-state index in [0.717, 1.165) is 0 Å². The van der Waals surface area contributed by atoms with Crippen molar-refractivity contribution in [2.24, 2.45) is 11.7 Å². The second kappa shape index (κ2) is 9.42. The number of hydrogen-bond acceptors (Lipinski definition) is 4. The maximum atomic E-state index is 12.5. The predicted molar refractivity (Wildman–Crippen MR) is 93.0 cm³/mol. The summed E-state index contributed by atoms with van der Waals surface area (Å²) in [5.41, 5.74) is 6.44. The number of benzene rings is 1. The molecule has 7 nitrogen and oxygen atoms in total. The van der Waals surface area contributed by atoms with E-state index in [-0.39, 0.29) is 18.2 Å². The summed E-state index contributed by atoms with van der Waals surface area (Å²) >= 11 is 0. The third kappa shape index (κ3) is 6.63. The standard InChI is InChI=1S/C18H24N4O3/c1-11(2)8-16(21-12(3)23)18(25)22-15(17(20)24)9-13-6-4-5-7-14(13)10-19/h4-7,11,15-16H,8-9H2,1-3H3,(H2,20,24)(H,21,23)(H,22,25)/t15-,16+/m1/s1. The second-order valence-corrected chi connectivity index (χ2v) is 6.32. The Hall–Kier alpha value is -2.88. The van der Waals surface area contributed by atoms with Crippen LogP contribution in [0.3, 0.4) is 0 Å². The van der Waals surface area contributed by atoms with Gasteiger partial charge in [-0.05, 0) is 24.0 Å². The first-order chi connectivity index (χ1) is 11.7. The molecule has 25 heavy (non-hydrogen) atoms. The number of nitrogens with two attached hydrogens (primary N) is 1. The highest BCUT2D eigenvalue weighted by molar-refractivity contribution is 5.91. The first kappa shape index (κ1) is 20.2. The summed E-state index contributed by atoms with van der Waals surface area (Å²) in [7, 11) is 0. The molecular formula is C18H24N4O3. The van der Waals surface area contributed by atoms with E-state index in [4.69, 9.17) is 11.0 Å². The lowest BCUT2D eigenvalue weighted by Crippen LogP contribution is -2.53. The minimum atomic E-state index is -0.967. The van der Waals surface area contributed by atoms with E-state index in [1.807, 2.05) is 19.9 Å². The average molecular weight is 344 g/mol. The number of carbonyl (C=O) groups is 3. The van der Waals surface area contributed by atoms with Gasteiger partial charge in [0.1, 0.15) is 12.1 Å². The third-order valence-corrected chi connectivity index (χ3v) is 3.62. The Labute approximate surface area is 147 Å². The SMILES string of the molecule is CC(=O)N[C@@H](CC(C)C)C(=O)N[C@H](Cc1ccccc1C#N)C(N)=O. The predicted octanol–water partition coefficient (Wildman–Crippen LogP) is 0.622. The van der Waals surface area contributed by atoms with Gasteiger partial charge in [-0.25, -0.2) is 0 Å². The summed E-state index contributed by atoms with van der Waals surface area (Å²) in [5.74, 6) is -1.32. The molecule has 2 atom stereocenters. The normalized spacial score (nSPS) is 12.8. The number of nitriles is 1. The van der Waals surface area contributed by atoms with Crippen LogP contribution in [-0.4, -0.2) is 29.8 Å². The molecule has 7 heteroatoms. The largest absolute Gasteiger partial charge is 0.368 e. The van der Waals surface area contributed by atoms with Crippen molar-refractivity contribution in [3.8, 4) is 6.07 Å². The van der Waals surface area contributed by atoms with Gasteiger partial charge >= 0.3 is 0 Å². The molecule has 1 rings (SSSR count). The van der Waals surface area contributed by atoms with E-state index in [9.17, 15) is 14.4 Å². The van der Waals surface area contributed by atoms with E-state index >= 15 is 0 Å². The van der Waals surface area contributed by atoms with Crippen molar-refractivity contribution in [2.75, 3.05) is 0 Å². The summed E-state index contributed by atoms with van der Waals surface area (Å²) in [6, 6.07) is 7.14. The van der Waals surface area contributed by atoms with Gasteiger partial charge in [0.05, 0.1) is 11.6 Å². The van der Waals surface area contributed by atoms with Gasteiger partial charge in [-0.1, -0.05) is 32.0 Å². The molecule has 0 radical (unpaired) electrons. The van der Waals surface area contributed by atoms with Gasteiger partial charge in [0.25, 0.3) is 0 Å². The number of primary amides is 1. The Morgan fingerprint density at radius 1 is 1.16 bits per heavy atom. The van der Waals surface area contributed by atoms with Crippen LogP contribution >= 0.6 is 0 Å². The van der Waals surface area contributed by atoms with Crippen molar-refractivity contribution in [1.82, 2.24) is 10.6 Å². The van der Waals surface area contributed by atoms with Gasteiger partial charge in [-0.3, -0.25) is 14.4 Å². The molecule has 0 saturated carbocycles. The molecule has 4 N–H and O–H groups in total. The zero-order valence-electron chi connectivity index (χ0n) is 14.7. The van der Waals surface area contributed by atoms with E-state index in [0.29, 0.717) is 17.5 Å². The summed E-state index contributed by atoms with van der Waals surface area (Å²) in [4.78, 5) is 35.5. The van der Waals surface area contributed by atoms with E-state index in [1.54, 1.807) is 24.3 Å². The molecule has 0 aliphatic heterocycles. The van der Waals surface area contributed by atoms with Gasteiger partial charge in [-0.15, -0.1) is 0 Å². The smallest absolute Gasteiger partial charge is 0.243 e. The number of rotatable bonds is 8. The molecule has 0 aliphatic rings. The second-order valence-electron chi connectivity index (χ2n) is 6.32. The first-order valence-corrected chi connectivity index (χ1v) is 8.09. The molecule has 1 aromatic rings. The van der Waals surface area contributed by atoms with Crippen LogP contribution in [0.2, 0.25) is 0 Å². The molecular weight excluding hydrogens is 320 g/mol. The van der Waals surface area contributed by atoms with Crippen LogP contribution in [0.15, 0.2) is 24.3 Å². The number of amides is 3. The highest BCUT2D eigenvalue weighted by Crippen LogP contribution is 2.11. The van der Waals surface area contributed by atoms with Gasteiger partial charge in [0.15, 0.2) is 0 Å². The number of hydrogen-bond donors (Lipinski definition) is 3. The van der Waals surface area contributed by atoms with Gasteiger partial charge in [-0.2, -0.15) is 5.26 Å². The van der Waals surface area contributed by atoms with Crippen molar-refractivity contribution >= 4 is 17.7 Å². The first-order valence-electron chi connectivity index (χ1n) is 8.09. The molecule has 0 heterocycles. The maximum Gasteiger partial charge on any atom is 0.243 e. The summed E-state index contributed by atoms with van der Waals surface area (Å²) in [6.45, 7) is 5.18. The van der Waals surface area contributed by atoms with E-state index < -0.39 is 23.9 Å². The van der Waals surface area contributed by atoms with Gasteiger partial charge < -0.3 is 16.4 Å². The molecule has 0 unspecified atom stereocenters. The van der Waals surface area contributed by atoms with Crippen LogP contribution in [0, 0.1) is 17.2 Å². The fourth-order valence-corrected chi connectivity index (χ4v) is 2.47. The topological polar surface area (TPSA) is 125 Å². The van der Waals surface area contributed by atoms with Gasteiger partial charge in [0.2, 0.25) is 17.7 Å². The molecule has 0 fully saturated rings. The Morgan fingerprint density at radius 2 is 1.80 bits per heavy atom. The molecule has 0 spiro atoms. The molecule has 3 amide bonds. The highest BCUT2D eigenvalue weighted by Gasteiger charge is 2.26. The van der Waals surface area contributed by atoms with Crippen LogP contribution in [0.1, 0.15) is 38.3 Å². The molecule has 0 aromatic heterocycles. The zero-order valence-corrected chi connectivity index (χ0v) is 14.7. The Morgan fingerprint density at radius 3 is 2.32 bits per heavy atom. The number of carbonyl (C=O) groups excluding carboxylic acids is 3. The quantitative estimate of drug-likeness (QED) is 0.639. The highest BCUT2D eigenvalue weighted by atomic mass is 16.2. The monoisotopic (exact) mass is 344 g/mol. The summed E-state index contributed by atoms with van der Waals surface area (Å²) < 4.78 is 0. The molecule has 0 bridgehead atoms. The lowest BCUT2D eigenvalue weighted by molar-refractivity contribution is -0.131. The van der Waals surface area contributed by atoms with E-state index in [2.05, 4.69) is 10.6 Å². The fourth-order valence-electron chi connectivity index (χ4n) is 2.47. The lowest BCUT2D eigenvalue weighted by Gasteiger charge is -2.23. The summed E-state index contributed by atoms with van der Waals surface area (Å²) in [6.07, 6.45) is 0.547. The average Bonchev–Trinajstić information content (AvgIpc) is 2.52. The number of nitrogens with zero attached hydrogens (tertiary/aromatic N) is 1. The fraction of sp³-hybridized carbons (Fsp3) is 0.444. The Kier molecular flexibility index (Phi) is 7.60. The van der Waals surface area contributed by atoms with Crippen molar-refractivity contribution < 1.29 is 14.4 Å². The third-order valence-electron chi connectivity index (χ3n) is 3.62. The molecule has 1 aromatic carbocycles. The van der Waals surface area contributed by atoms with Crippen molar-refractivity contribution in [3.63, 3.8) is 0 Å². The zero-order chi connectivity index (χ0) is 19.0. The van der Waals surface area contributed by atoms with Crippen molar-refractivity contribution in [1.29, 1.82) is 5.26 Å². The minimum absolute atomic E-state index is 0.110. The number of nitrogens with one attached hydrogen (secondary N) is 2. The maximum absolute atomic E-state index is 12.5. The van der Waals surface area contributed by atoms with Crippen LogP contribution in [0.4, 0.5) is 0 Å². The minimum Gasteiger partial charge on any atom is -0.368 e. The molecule has 0 aliphatic carbocycles. The Bertz CT molecular complexity index is 679. The Balaban J connectivity index is 2.92. The lowest BCUT2D eigenvalue weighted by atomic mass is 9.99. The van der Waals surface area contributed by atoms with E-state index in [1.165, 1.54) is 6.92 Å².